The quantitative estimate of drug-likeness (QED) is 0.820. The van der Waals surface area contributed by atoms with Crippen LogP contribution >= 0.6 is 0 Å². The molecule has 4 nitrogen and oxygen atoms in total. The summed E-state index contributed by atoms with van der Waals surface area (Å²) in [6.07, 6.45) is 1.38. The standard InChI is InChI=1S/C21H18F3N3O/c1-3-4-5-14-12-16(8-11-18(14)22)21(13-27(2)20(25)26-21)15-6-9-17(10-7-15)28-19(23)24/h3,6-12,19H,1,13H2,2H3,(H2,25,26). The van der Waals surface area contributed by atoms with Crippen molar-refractivity contribution in [1.29, 1.82) is 0 Å². The lowest BCUT2D eigenvalue weighted by Crippen LogP contribution is -2.34. The molecular weight excluding hydrogens is 367 g/mol. The number of rotatable bonds is 4. The Labute approximate surface area is 161 Å². The summed E-state index contributed by atoms with van der Waals surface area (Å²) in [6, 6.07) is 10.7. The van der Waals surface area contributed by atoms with Gasteiger partial charge in [-0.05, 0) is 41.5 Å². The molecule has 0 fully saturated rings. The maximum absolute atomic E-state index is 14.1. The van der Waals surface area contributed by atoms with Gasteiger partial charge in [-0.2, -0.15) is 8.78 Å². The molecule has 0 radical (unpaired) electrons. The van der Waals surface area contributed by atoms with Crippen molar-refractivity contribution in [2.24, 2.45) is 10.7 Å². The normalized spacial score (nSPS) is 18.5. The molecule has 3 rings (SSSR count). The summed E-state index contributed by atoms with van der Waals surface area (Å²) in [5.74, 6) is 5.23. The van der Waals surface area contributed by atoms with Crippen LogP contribution in [0.2, 0.25) is 0 Å². The second-order valence-corrected chi connectivity index (χ2v) is 6.26. The Morgan fingerprint density at radius 3 is 2.50 bits per heavy atom. The first-order valence-electron chi connectivity index (χ1n) is 8.40. The zero-order valence-electron chi connectivity index (χ0n) is 15.1. The van der Waals surface area contributed by atoms with Gasteiger partial charge in [0.1, 0.15) is 17.1 Å². The van der Waals surface area contributed by atoms with Gasteiger partial charge in [-0.25, -0.2) is 9.38 Å². The average molecular weight is 385 g/mol. The van der Waals surface area contributed by atoms with Gasteiger partial charge < -0.3 is 15.4 Å². The summed E-state index contributed by atoms with van der Waals surface area (Å²) in [5.41, 5.74) is 6.67. The maximum atomic E-state index is 14.1. The van der Waals surface area contributed by atoms with Gasteiger partial charge in [0.05, 0.1) is 12.1 Å². The van der Waals surface area contributed by atoms with E-state index in [4.69, 9.17) is 5.73 Å². The Balaban J connectivity index is 2.12. The van der Waals surface area contributed by atoms with Crippen LogP contribution in [0.4, 0.5) is 13.2 Å². The van der Waals surface area contributed by atoms with Crippen molar-refractivity contribution < 1.29 is 17.9 Å². The van der Waals surface area contributed by atoms with Crippen LogP contribution in [0.25, 0.3) is 0 Å². The van der Waals surface area contributed by atoms with E-state index >= 15 is 0 Å². The monoisotopic (exact) mass is 385 g/mol. The highest BCUT2D eigenvalue weighted by molar-refractivity contribution is 5.81. The van der Waals surface area contributed by atoms with E-state index in [9.17, 15) is 13.2 Å². The zero-order chi connectivity index (χ0) is 20.3. The lowest BCUT2D eigenvalue weighted by atomic mass is 9.83. The first kappa shape index (κ1) is 19.4. The minimum absolute atomic E-state index is 0.0360. The molecule has 2 N–H and O–H groups in total. The van der Waals surface area contributed by atoms with Crippen LogP contribution in [0.5, 0.6) is 5.75 Å². The number of hydrogen-bond donors (Lipinski definition) is 1. The minimum atomic E-state index is -2.91. The summed E-state index contributed by atoms with van der Waals surface area (Å²) in [6.45, 7) is 0.997. The Hall–Kier alpha value is -3.40. The lowest BCUT2D eigenvalue weighted by molar-refractivity contribution is -0.0498. The highest BCUT2D eigenvalue weighted by Crippen LogP contribution is 2.39. The van der Waals surface area contributed by atoms with E-state index in [0.29, 0.717) is 23.6 Å². The van der Waals surface area contributed by atoms with Crippen LogP contribution in [0.3, 0.4) is 0 Å². The third-order valence-corrected chi connectivity index (χ3v) is 4.47. The smallest absolute Gasteiger partial charge is 0.387 e. The molecule has 0 amide bonds. The summed E-state index contributed by atoms with van der Waals surface area (Å²) < 4.78 is 43.4. The zero-order valence-corrected chi connectivity index (χ0v) is 15.1. The molecule has 0 saturated carbocycles. The Kier molecular flexibility index (Phi) is 5.32. The van der Waals surface area contributed by atoms with Gasteiger partial charge in [-0.1, -0.05) is 36.6 Å². The van der Waals surface area contributed by atoms with E-state index in [1.807, 2.05) is 0 Å². The Morgan fingerprint density at radius 1 is 1.25 bits per heavy atom. The SMILES string of the molecule is C=CC#Cc1cc(C2(c3ccc(OC(F)F)cc3)CN(C)C(N)=N2)ccc1F. The molecule has 28 heavy (non-hydrogen) atoms. The molecule has 7 heteroatoms. The summed E-state index contributed by atoms with van der Waals surface area (Å²) in [4.78, 5) is 6.39. The van der Waals surface area contributed by atoms with Crippen molar-refractivity contribution in [3.8, 4) is 17.6 Å². The first-order chi connectivity index (χ1) is 13.4. The van der Waals surface area contributed by atoms with Gasteiger partial charge in [-0.3, -0.25) is 0 Å². The number of alkyl halides is 2. The van der Waals surface area contributed by atoms with Crippen molar-refractivity contribution in [3.05, 3.63) is 77.6 Å². The van der Waals surface area contributed by atoms with E-state index < -0.39 is 18.0 Å². The molecule has 0 aliphatic carbocycles. The molecule has 0 bridgehead atoms. The number of likely N-dealkylation sites (N-methyl/N-ethyl adjacent to an activating group) is 1. The number of halogens is 3. The van der Waals surface area contributed by atoms with Gasteiger partial charge in [0.25, 0.3) is 0 Å². The third kappa shape index (κ3) is 3.67. The van der Waals surface area contributed by atoms with E-state index in [1.165, 1.54) is 24.3 Å². The third-order valence-electron chi connectivity index (χ3n) is 4.47. The molecule has 1 aliphatic heterocycles. The van der Waals surface area contributed by atoms with E-state index in [0.717, 1.165) is 0 Å². The van der Waals surface area contributed by atoms with Crippen molar-refractivity contribution in [3.63, 3.8) is 0 Å². The average Bonchev–Trinajstić information content (AvgIpc) is 2.97. The molecule has 0 aromatic heterocycles. The van der Waals surface area contributed by atoms with Gasteiger partial charge in [0.15, 0.2) is 5.96 Å². The second kappa shape index (κ2) is 7.69. The molecule has 2 aromatic carbocycles. The fourth-order valence-corrected chi connectivity index (χ4v) is 3.14. The topological polar surface area (TPSA) is 50.9 Å². The molecular formula is C21H18F3N3O. The number of guanidine groups is 1. The van der Waals surface area contributed by atoms with Crippen LogP contribution in [0.15, 0.2) is 60.1 Å². The molecule has 2 aromatic rings. The summed E-state index contributed by atoms with van der Waals surface area (Å²) >= 11 is 0. The van der Waals surface area contributed by atoms with Crippen molar-refractivity contribution in [2.45, 2.75) is 12.2 Å². The fraction of sp³-hybridized carbons (Fsp3) is 0.190. The van der Waals surface area contributed by atoms with Crippen molar-refractivity contribution in [1.82, 2.24) is 4.90 Å². The Morgan fingerprint density at radius 2 is 1.93 bits per heavy atom. The maximum Gasteiger partial charge on any atom is 0.387 e. The van der Waals surface area contributed by atoms with Gasteiger partial charge in [-0.15, -0.1) is 0 Å². The highest BCUT2D eigenvalue weighted by atomic mass is 19.3. The number of aliphatic imine (C=N–C) groups is 1. The van der Waals surface area contributed by atoms with Crippen LogP contribution in [0.1, 0.15) is 16.7 Å². The molecule has 0 spiro atoms. The van der Waals surface area contributed by atoms with Crippen molar-refractivity contribution in [2.75, 3.05) is 13.6 Å². The van der Waals surface area contributed by atoms with Crippen LogP contribution in [-0.4, -0.2) is 31.1 Å². The molecule has 1 atom stereocenters. The predicted octanol–water partition coefficient (Wildman–Crippen LogP) is 3.47. The van der Waals surface area contributed by atoms with Crippen LogP contribution in [0, 0.1) is 17.7 Å². The largest absolute Gasteiger partial charge is 0.435 e. The van der Waals surface area contributed by atoms with Crippen LogP contribution < -0.4 is 10.5 Å². The highest BCUT2D eigenvalue weighted by Gasteiger charge is 2.41. The molecule has 1 unspecified atom stereocenters. The molecule has 0 saturated heterocycles. The summed E-state index contributed by atoms with van der Waals surface area (Å²) in [5, 5.41) is 0. The first-order valence-corrected chi connectivity index (χ1v) is 8.40. The lowest BCUT2D eigenvalue weighted by Gasteiger charge is -2.28. The molecule has 1 aliphatic rings. The van der Waals surface area contributed by atoms with E-state index in [2.05, 4.69) is 28.1 Å². The number of nitrogens with zero attached hydrogens (tertiary/aromatic N) is 2. The molecule has 144 valence electrons. The van der Waals surface area contributed by atoms with E-state index in [-0.39, 0.29) is 11.3 Å². The number of allylic oxidation sites excluding steroid dienone is 1. The minimum Gasteiger partial charge on any atom is -0.435 e. The number of hydrogen-bond acceptors (Lipinski definition) is 4. The number of benzene rings is 2. The van der Waals surface area contributed by atoms with Gasteiger partial charge in [0, 0.05) is 7.05 Å². The Bertz CT molecular complexity index is 977. The fourth-order valence-electron chi connectivity index (χ4n) is 3.14. The number of nitrogens with two attached hydrogens (primary N) is 1. The van der Waals surface area contributed by atoms with Gasteiger partial charge >= 0.3 is 6.61 Å². The van der Waals surface area contributed by atoms with Gasteiger partial charge in [0.2, 0.25) is 0 Å². The number of ether oxygens (including phenoxy) is 1. The predicted molar refractivity (Wildman–Crippen MR) is 102 cm³/mol. The van der Waals surface area contributed by atoms with Crippen molar-refractivity contribution >= 4 is 5.96 Å². The summed E-state index contributed by atoms with van der Waals surface area (Å²) in [7, 11) is 1.79. The van der Waals surface area contributed by atoms with Crippen LogP contribution in [-0.2, 0) is 5.54 Å². The molecule has 1 heterocycles. The van der Waals surface area contributed by atoms with E-state index in [1.54, 1.807) is 36.2 Å². The second-order valence-electron chi connectivity index (χ2n) is 6.26.